The molecule has 1 amide bonds. The van der Waals surface area contributed by atoms with Crippen LogP contribution in [0, 0.1) is 0 Å². The number of amides is 1. The molecule has 0 aliphatic carbocycles. The Labute approximate surface area is 78.5 Å². The Morgan fingerprint density at radius 3 is 2.92 bits per heavy atom. The molecule has 0 saturated carbocycles. The summed E-state index contributed by atoms with van der Waals surface area (Å²) in [5.74, 6) is 0. The Morgan fingerprint density at radius 2 is 2.46 bits per heavy atom. The molecule has 1 rings (SSSR count). The van der Waals surface area contributed by atoms with Gasteiger partial charge in [0.1, 0.15) is 0 Å². The first-order valence-electron chi connectivity index (χ1n) is 4.83. The summed E-state index contributed by atoms with van der Waals surface area (Å²) < 4.78 is 4.99. The van der Waals surface area contributed by atoms with E-state index in [1.807, 2.05) is 6.92 Å². The van der Waals surface area contributed by atoms with Gasteiger partial charge in [0.15, 0.2) is 0 Å². The minimum atomic E-state index is -0.279. The fourth-order valence-corrected chi connectivity index (χ4v) is 1.26. The van der Waals surface area contributed by atoms with E-state index in [4.69, 9.17) is 9.84 Å². The van der Waals surface area contributed by atoms with E-state index in [2.05, 4.69) is 0 Å². The van der Waals surface area contributed by atoms with Crippen LogP contribution in [-0.4, -0.2) is 41.9 Å². The highest BCUT2D eigenvalue weighted by Gasteiger charge is 2.32. The van der Waals surface area contributed by atoms with Crippen molar-refractivity contribution in [1.29, 1.82) is 0 Å². The van der Waals surface area contributed by atoms with E-state index >= 15 is 0 Å². The molecule has 0 aromatic rings. The molecule has 1 saturated heterocycles. The van der Waals surface area contributed by atoms with Gasteiger partial charge in [-0.05, 0) is 12.8 Å². The van der Waals surface area contributed by atoms with Crippen LogP contribution in [0.25, 0.3) is 0 Å². The van der Waals surface area contributed by atoms with E-state index in [1.165, 1.54) is 0 Å². The van der Waals surface area contributed by atoms with Gasteiger partial charge in [0.05, 0.1) is 19.3 Å². The van der Waals surface area contributed by atoms with Gasteiger partial charge in [0.25, 0.3) is 0 Å². The lowest BCUT2D eigenvalue weighted by Crippen LogP contribution is -2.53. The Hall–Kier alpha value is -0.770. The van der Waals surface area contributed by atoms with Gasteiger partial charge in [-0.15, -0.1) is 0 Å². The first-order chi connectivity index (χ1) is 6.29. The van der Waals surface area contributed by atoms with Crippen LogP contribution in [0.3, 0.4) is 0 Å². The van der Waals surface area contributed by atoms with Crippen molar-refractivity contribution in [2.24, 2.45) is 0 Å². The SMILES string of the molecule is CCCCOC(=O)N1CC[C@H]1CO. The molecule has 1 fully saturated rings. The summed E-state index contributed by atoms with van der Waals surface area (Å²) in [7, 11) is 0. The molecule has 0 unspecified atom stereocenters. The number of aliphatic hydroxyl groups excluding tert-OH is 1. The number of likely N-dealkylation sites (tertiary alicyclic amines) is 1. The van der Waals surface area contributed by atoms with E-state index in [-0.39, 0.29) is 18.7 Å². The lowest BCUT2D eigenvalue weighted by atomic mass is 10.1. The van der Waals surface area contributed by atoms with E-state index in [0.717, 1.165) is 25.8 Å². The number of carbonyl (C=O) groups is 1. The highest BCUT2D eigenvalue weighted by atomic mass is 16.6. The van der Waals surface area contributed by atoms with Gasteiger partial charge in [-0.1, -0.05) is 13.3 Å². The highest BCUT2D eigenvalue weighted by molar-refractivity contribution is 5.69. The lowest BCUT2D eigenvalue weighted by Gasteiger charge is -2.38. The number of nitrogens with zero attached hydrogens (tertiary/aromatic N) is 1. The van der Waals surface area contributed by atoms with E-state index in [0.29, 0.717) is 6.61 Å². The van der Waals surface area contributed by atoms with Gasteiger partial charge in [-0.2, -0.15) is 0 Å². The normalized spacial score (nSPS) is 21.1. The molecule has 0 aromatic heterocycles. The molecule has 0 spiro atoms. The van der Waals surface area contributed by atoms with Crippen molar-refractivity contribution in [2.75, 3.05) is 19.8 Å². The minimum Gasteiger partial charge on any atom is -0.449 e. The average molecular weight is 187 g/mol. The molecule has 0 aromatic carbocycles. The largest absolute Gasteiger partial charge is 0.449 e. The van der Waals surface area contributed by atoms with Gasteiger partial charge in [-0.3, -0.25) is 0 Å². The number of unbranched alkanes of at least 4 members (excludes halogenated alkanes) is 1. The summed E-state index contributed by atoms with van der Waals surface area (Å²) in [5, 5.41) is 8.83. The third-order valence-corrected chi connectivity index (χ3v) is 2.31. The highest BCUT2D eigenvalue weighted by Crippen LogP contribution is 2.17. The van der Waals surface area contributed by atoms with Crippen molar-refractivity contribution in [3.8, 4) is 0 Å². The van der Waals surface area contributed by atoms with Crippen LogP contribution in [0.15, 0.2) is 0 Å². The second-order valence-corrected chi connectivity index (χ2v) is 3.29. The average Bonchev–Trinajstić information content (AvgIpc) is 2.03. The third-order valence-electron chi connectivity index (χ3n) is 2.31. The molecule has 76 valence electrons. The number of ether oxygens (including phenoxy) is 1. The summed E-state index contributed by atoms with van der Waals surface area (Å²) >= 11 is 0. The minimum absolute atomic E-state index is 0.00544. The fraction of sp³-hybridized carbons (Fsp3) is 0.889. The van der Waals surface area contributed by atoms with Gasteiger partial charge >= 0.3 is 6.09 Å². The Bertz CT molecular complexity index is 170. The maximum Gasteiger partial charge on any atom is 0.410 e. The van der Waals surface area contributed by atoms with E-state index < -0.39 is 0 Å². The molecule has 4 heteroatoms. The van der Waals surface area contributed by atoms with Crippen LogP contribution < -0.4 is 0 Å². The lowest BCUT2D eigenvalue weighted by molar-refractivity contribution is 0.0242. The second kappa shape index (κ2) is 5.07. The molecule has 1 heterocycles. The summed E-state index contributed by atoms with van der Waals surface area (Å²) in [6.45, 7) is 3.30. The molecule has 1 aliphatic rings. The number of carbonyl (C=O) groups excluding carboxylic acids is 1. The first-order valence-corrected chi connectivity index (χ1v) is 4.83. The number of hydrogen-bond acceptors (Lipinski definition) is 3. The van der Waals surface area contributed by atoms with Crippen molar-refractivity contribution in [2.45, 2.75) is 32.2 Å². The van der Waals surface area contributed by atoms with Crippen molar-refractivity contribution in [1.82, 2.24) is 4.90 Å². The molecular weight excluding hydrogens is 170 g/mol. The monoisotopic (exact) mass is 187 g/mol. The zero-order chi connectivity index (χ0) is 9.68. The standard InChI is InChI=1S/C9H17NO3/c1-2-3-6-13-9(12)10-5-4-8(10)7-11/h8,11H,2-7H2,1H3/t8-/m0/s1. The second-order valence-electron chi connectivity index (χ2n) is 3.29. The molecule has 0 bridgehead atoms. The third kappa shape index (κ3) is 2.59. The van der Waals surface area contributed by atoms with Crippen LogP contribution in [0.1, 0.15) is 26.2 Å². The Morgan fingerprint density at radius 1 is 1.69 bits per heavy atom. The predicted octanol–water partition coefficient (Wildman–Crippen LogP) is 0.990. The zero-order valence-corrected chi connectivity index (χ0v) is 8.03. The van der Waals surface area contributed by atoms with Crippen LogP contribution >= 0.6 is 0 Å². The van der Waals surface area contributed by atoms with Crippen molar-refractivity contribution < 1.29 is 14.6 Å². The first kappa shape index (κ1) is 10.3. The topological polar surface area (TPSA) is 49.8 Å². The van der Waals surface area contributed by atoms with E-state index in [1.54, 1.807) is 4.90 Å². The molecule has 0 radical (unpaired) electrons. The zero-order valence-electron chi connectivity index (χ0n) is 8.03. The maximum absolute atomic E-state index is 11.3. The van der Waals surface area contributed by atoms with Crippen LogP contribution in [0.2, 0.25) is 0 Å². The van der Waals surface area contributed by atoms with Crippen molar-refractivity contribution in [3.63, 3.8) is 0 Å². The van der Waals surface area contributed by atoms with Crippen LogP contribution in [0.5, 0.6) is 0 Å². The molecular formula is C9H17NO3. The van der Waals surface area contributed by atoms with E-state index in [9.17, 15) is 4.79 Å². The number of aliphatic hydroxyl groups is 1. The Balaban J connectivity index is 2.16. The van der Waals surface area contributed by atoms with Gasteiger partial charge in [-0.25, -0.2) is 4.79 Å². The van der Waals surface area contributed by atoms with Gasteiger partial charge < -0.3 is 14.7 Å². The van der Waals surface area contributed by atoms with Gasteiger partial charge in [0, 0.05) is 6.54 Å². The quantitative estimate of drug-likeness (QED) is 0.668. The fourth-order valence-electron chi connectivity index (χ4n) is 1.26. The summed E-state index contributed by atoms with van der Waals surface area (Å²) in [4.78, 5) is 12.8. The summed E-state index contributed by atoms with van der Waals surface area (Å²) in [6.07, 6.45) is 2.54. The molecule has 4 nitrogen and oxygen atoms in total. The maximum atomic E-state index is 11.3. The van der Waals surface area contributed by atoms with Crippen molar-refractivity contribution in [3.05, 3.63) is 0 Å². The molecule has 1 aliphatic heterocycles. The molecule has 1 N–H and O–H groups in total. The number of rotatable bonds is 4. The molecule has 13 heavy (non-hydrogen) atoms. The molecule has 1 atom stereocenters. The summed E-state index contributed by atoms with van der Waals surface area (Å²) in [5.41, 5.74) is 0. The number of hydrogen-bond donors (Lipinski definition) is 1. The predicted molar refractivity (Wildman–Crippen MR) is 48.5 cm³/mol. The van der Waals surface area contributed by atoms with Gasteiger partial charge in [0.2, 0.25) is 0 Å². The Kier molecular flexibility index (Phi) is 4.02. The van der Waals surface area contributed by atoms with Crippen molar-refractivity contribution >= 4 is 6.09 Å². The smallest absolute Gasteiger partial charge is 0.410 e. The van der Waals surface area contributed by atoms with Crippen LogP contribution in [-0.2, 0) is 4.74 Å². The van der Waals surface area contributed by atoms with Crippen LogP contribution in [0.4, 0.5) is 4.79 Å². The summed E-state index contributed by atoms with van der Waals surface area (Å²) in [6, 6.07) is -0.00544.